The van der Waals surface area contributed by atoms with E-state index in [-0.39, 0.29) is 35.5 Å². The van der Waals surface area contributed by atoms with Crippen molar-refractivity contribution in [3.05, 3.63) is 131 Å². The molecule has 0 spiro atoms. The molecule has 0 aromatic heterocycles. The van der Waals surface area contributed by atoms with Gasteiger partial charge in [-0.05, 0) is 74.4 Å². The van der Waals surface area contributed by atoms with E-state index >= 15 is 0 Å². The zero-order valence-corrected chi connectivity index (χ0v) is 26.4. The minimum atomic E-state index is -4.28. The van der Waals surface area contributed by atoms with Crippen LogP contribution in [0.4, 0.5) is 10.1 Å². The standard InChI is InChI=1S/C34H35ClFN3O4S/c1-24(2)37-34(41)32(21-26-9-5-4-6-10-26)38(22-27-11-7-8-12-31(27)35)33(40)23-39(29-17-15-28(36)16-18-29)44(42,43)30-19-13-25(3)14-20-30/h4-20,24,32H,21-23H2,1-3H3,(H,37,41). The van der Waals surface area contributed by atoms with Crippen molar-refractivity contribution in [1.82, 2.24) is 10.2 Å². The van der Waals surface area contributed by atoms with Crippen molar-refractivity contribution in [1.29, 1.82) is 0 Å². The molecule has 0 aliphatic carbocycles. The van der Waals surface area contributed by atoms with Crippen LogP contribution in [0.3, 0.4) is 0 Å². The van der Waals surface area contributed by atoms with Crippen LogP contribution in [0.15, 0.2) is 108 Å². The molecule has 10 heteroatoms. The average molecular weight is 636 g/mol. The monoisotopic (exact) mass is 635 g/mol. The molecule has 4 aromatic rings. The summed E-state index contributed by atoms with van der Waals surface area (Å²) in [5, 5.41) is 3.31. The van der Waals surface area contributed by atoms with Gasteiger partial charge in [0.2, 0.25) is 11.8 Å². The van der Waals surface area contributed by atoms with Crippen molar-refractivity contribution in [3.8, 4) is 0 Å². The number of amides is 2. The maximum absolute atomic E-state index is 14.4. The first-order valence-electron chi connectivity index (χ1n) is 14.2. The van der Waals surface area contributed by atoms with E-state index in [0.717, 1.165) is 27.6 Å². The minimum absolute atomic E-state index is 0.0312. The molecule has 0 heterocycles. The molecule has 0 radical (unpaired) electrons. The number of halogens is 2. The average Bonchev–Trinajstić information content (AvgIpc) is 2.99. The van der Waals surface area contributed by atoms with Gasteiger partial charge in [0.1, 0.15) is 18.4 Å². The second-order valence-electron chi connectivity index (χ2n) is 10.8. The summed E-state index contributed by atoms with van der Waals surface area (Å²) < 4.78 is 42.8. The van der Waals surface area contributed by atoms with Crippen LogP contribution < -0.4 is 9.62 Å². The highest BCUT2D eigenvalue weighted by Crippen LogP contribution is 2.26. The minimum Gasteiger partial charge on any atom is -0.352 e. The third-order valence-corrected chi connectivity index (χ3v) is 9.16. The Hall–Kier alpha value is -4.21. The van der Waals surface area contributed by atoms with E-state index in [4.69, 9.17) is 11.6 Å². The van der Waals surface area contributed by atoms with Crippen molar-refractivity contribution in [2.75, 3.05) is 10.8 Å². The molecule has 7 nitrogen and oxygen atoms in total. The smallest absolute Gasteiger partial charge is 0.264 e. The number of benzene rings is 4. The Kier molecular flexibility index (Phi) is 10.8. The maximum Gasteiger partial charge on any atom is 0.264 e. The van der Waals surface area contributed by atoms with Crippen LogP contribution in [-0.4, -0.2) is 43.8 Å². The molecule has 0 saturated heterocycles. The fraction of sp³-hybridized carbons (Fsp3) is 0.235. The van der Waals surface area contributed by atoms with Crippen LogP contribution in [0.1, 0.15) is 30.5 Å². The Morgan fingerprint density at radius 3 is 2.09 bits per heavy atom. The first-order valence-corrected chi connectivity index (χ1v) is 16.0. The number of carbonyl (C=O) groups is 2. The van der Waals surface area contributed by atoms with Crippen LogP contribution in [-0.2, 0) is 32.6 Å². The third-order valence-electron chi connectivity index (χ3n) is 7.00. The van der Waals surface area contributed by atoms with Gasteiger partial charge in [0.15, 0.2) is 0 Å². The number of rotatable bonds is 12. The van der Waals surface area contributed by atoms with E-state index in [1.807, 2.05) is 51.1 Å². The predicted octanol–water partition coefficient (Wildman–Crippen LogP) is 6.15. The van der Waals surface area contributed by atoms with Crippen LogP contribution in [0, 0.1) is 12.7 Å². The zero-order valence-electron chi connectivity index (χ0n) is 24.8. The molecule has 0 fully saturated rings. The second-order valence-corrected chi connectivity index (χ2v) is 13.1. The summed E-state index contributed by atoms with van der Waals surface area (Å²) in [7, 11) is -4.28. The lowest BCUT2D eigenvalue weighted by atomic mass is 10.0. The summed E-state index contributed by atoms with van der Waals surface area (Å²) in [6.45, 7) is 4.78. The molecule has 1 unspecified atom stereocenters. The van der Waals surface area contributed by atoms with E-state index in [0.29, 0.717) is 10.6 Å². The number of hydrogen-bond donors (Lipinski definition) is 1. The van der Waals surface area contributed by atoms with Crippen molar-refractivity contribution in [3.63, 3.8) is 0 Å². The van der Waals surface area contributed by atoms with Gasteiger partial charge in [-0.25, -0.2) is 12.8 Å². The second kappa shape index (κ2) is 14.5. The highest BCUT2D eigenvalue weighted by atomic mass is 35.5. The van der Waals surface area contributed by atoms with Crippen LogP contribution in [0.5, 0.6) is 0 Å². The third kappa shape index (κ3) is 8.24. The van der Waals surface area contributed by atoms with Crippen LogP contribution >= 0.6 is 11.6 Å². The largest absolute Gasteiger partial charge is 0.352 e. The fourth-order valence-electron chi connectivity index (χ4n) is 4.72. The summed E-state index contributed by atoms with van der Waals surface area (Å²) in [5.74, 6) is -1.58. The van der Waals surface area contributed by atoms with E-state index in [1.165, 1.54) is 29.2 Å². The lowest BCUT2D eigenvalue weighted by Crippen LogP contribution is -2.54. The molecule has 230 valence electrons. The van der Waals surface area contributed by atoms with Gasteiger partial charge in [0.25, 0.3) is 10.0 Å². The van der Waals surface area contributed by atoms with Crippen LogP contribution in [0.2, 0.25) is 5.02 Å². The Labute approximate surface area is 263 Å². The number of anilines is 1. The summed E-state index contributed by atoms with van der Waals surface area (Å²) in [6, 6.07) is 26.1. The first-order chi connectivity index (χ1) is 21.0. The lowest BCUT2D eigenvalue weighted by molar-refractivity contribution is -0.140. The molecule has 4 rings (SSSR count). The van der Waals surface area contributed by atoms with Crippen LogP contribution in [0.25, 0.3) is 0 Å². The van der Waals surface area contributed by atoms with Gasteiger partial charge < -0.3 is 10.2 Å². The number of nitrogens with one attached hydrogen (secondary N) is 1. The molecule has 0 aliphatic rings. The first kappa shape index (κ1) is 32.7. The van der Waals surface area contributed by atoms with Crippen molar-refractivity contribution < 1.29 is 22.4 Å². The number of hydrogen-bond acceptors (Lipinski definition) is 4. The molecule has 2 amide bonds. The molecule has 0 saturated carbocycles. The molecule has 0 bridgehead atoms. The summed E-state index contributed by atoms with van der Waals surface area (Å²) in [6.07, 6.45) is 0.177. The van der Waals surface area contributed by atoms with Gasteiger partial charge >= 0.3 is 0 Å². The maximum atomic E-state index is 14.4. The Morgan fingerprint density at radius 1 is 0.864 bits per heavy atom. The van der Waals surface area contributed by atoms with Crippen molar-refractivity contribution in [2.45, 2.75) is 50.7 Å². The number of carbonyl (C=O) groups excluding carboxylic acids is 2. The van der Waals surface area contributed by atoms with E-state index in [9.17, 15) is 22.4 Å². The predicted molar refractivity (Wildman–Crippen MR) is 171 cm³/mol. The van der Waals surface area contributed by atoms with E-state index < -0.39 is 34.3 Å². The quantitative estimate of drug-likeness (QED) is 0.202. The lowest BCUT2D eigenvalue weighted by Gasteiger charge is -2.34. The van der Waals surface area contributed by atoms with Gasteiger partial charge in [-0.2, -0.15) is 0 Å². The fourth-order valence-corrected chi connectivity index (χ4v) is 6.33. The number of nitrogens with zero attached hydrogens (tertiary/aromatic N) is 2. The summed E-state index contributed by atoms with van der Waals surface area (Å²) in [5.41, 5.74) is 2.37. The Morgan fingerprint density at radius 2 is 1.48 bits per heavy atom. The molecule has 44 heavy (non-hydrogen) atoms. The van der Waals surface area contributed by atoms with Gasteiger partial charge in [-0.1, -0.05) is 77.8 Å². The Bertz CT molecular complexity index is 1680. The molecular weight excluding hydrogens is 601 g/mol. The molecular formula is C34H35ClFN3O4S. The number of sulfonamides is 1. The van der Waals surface area contributed by atoms with Crippen molar-refractivity contribution in [2.24, 2.45) is 0 Å². The van der Waals surface area contributed by atoms with Gasteiger partial charge in [0.05, 0.1) is 10.6 Å². The van der Waals surface area contributed by atoms with Gasteiger partial charge in [-0.15, -0.1) is 0 Å². The Balaban J connectivity index is 1.81. The summed E-state index contributed by atoms with van der Waals surface area (Å²) in [4.78, 5) is 29.4. The number of aryl methyl sites for hydroxylation is 1. The highest BCUT2D eigenvalue weighted by Gasteiger charge is 2.35. The van der Waals surface area contributed by atoms with E-state index in [2.05, 4.69) is 5.32 Å². The normalized spacial score (nSPS) is 12.0. The van der Waals surface area contributed by atoms with E-state index in [1.54, 1.807) is 36.4 Å². The topological polar surface area (TPSA) is 86.8 Å². The van der Waals surface area contributed by atoms with Gasteiger partial charge in [0, 0.05) is 24.0 Å². The molecule has 0 aliphatic heterocycles. The molecule has 4 aromatic carbocycles. The van der Waals surface area contributed by atoms with Crippen molar-refractivity contribution >= 4 is 39.1 Å². The summed E-state index contributed by atoms with van der Waals surface area (Å²) >= 11 is 6.50. The molecule has 1 N–H and O–H groups in total. The van der Waals surface area contributed by atoms with Gasteiger partial charge in [-0.3, -0.25) is 13.9 Å². The highest BCUT2D eigenvalue weighted by molar-refractivity contribution is 7.92. The zero-order chi connectivity index (χ0) is 31.9. The molecule has 1 atom stereocenters. The SMILES string of the molecule is Cc1ccc(S(=O)(=O)N(CC(=O)N(Cc2ccccc2Cl)C(Cc2ccccc2)C(=O)NC(C)C)c2ccc(F)cc2)cc1.